The highest BCUT2D eigenvalue weighted by molar-refractivity contribution is 5.72. The van der Waals surface area contributed by atoms with Gasteiger partial charge in [-0.15, -0.1) is 13.2 Å². The predicted molar refractivity (Wildman–Crippen MR) is 157 cm³/mol. The zero-order chi connectivity index (χ0) is 36.4. The van der Waals surface area contributed by atoms with E-state index < -0.39 is 81.9 Å². The molecule has 0 bridgehead atoms. The summed E-state index contributed by atoms with van der Waals surface area (Å²) in [6, 6.07) is 7.01. The molecule has 1 heterocycles. The van der Waals surface area contributed by atoms with E-state index in [9.17, 15) is 35.1 Å². The highest BCUT2D eigenvalue weighted by Gasteiger charge is 2.42. The van der Waals surface area contributed by atoms with Gasteiger partial charge in [-0.05, 0) is 60.0 Å². The summed E-state index contributed by atoms with van der Waals surface area (Å²) in [5.74, 6) is -11.8. The van der Waals surface area contributed by atoms with Crippen LogP contribution in [0.25, 0.3) is 22.3 Å². The van der Waals surface area contributed by atoms with Crippen molar-refractivity contribution in [2.45, 2.75) is 51.4 Å². The normalized spacial score (nSPS) is 16.8. The van der Waals surface area contributed by atoms with Crippen molar-refractivity contribution in [3.8, 4) is 33.8 Å². The molecule has 4 aromatic carbocycles. The number of hydrogen-bond acceptors (Lipinski definition) is 4. The Bertz CT molecular complexity index is 1790. The van der Waals surface area contributed by atoms with Crippen LogP contribution in [0.15, 0.2) is 60.7 Å². The molecule has 4 aromatic rings. The van der Waals surface area contributed by atoms with Crippen LogP contribution in [-0.2, 0) is 15.6 Å². The van der Waals surface area contributed by atoms with E-state index in [1.807, 2.05) is 0 Å². The van der Waals surface area contributed by atoms with Gasteiger partial charge in [0.05, 0.1) is 13.2 Å². The number of alkyl halides is 5. The molecule has 1 saturated heterocycles. The summed E-state index contributed by atoms with van der Waals surface area (Å²) < 4.78 is 175. The van der Waals surface area contributed by atoms with Gasteiger partial charge in [0.15, 0.2) is 17.9 Å². The van der Waals surface area contributed by atoms with E-state index in [1.165, 1.54) is 0 Å². The van der Waals surface area contributed by atoms with Crippen LogP contribution in [0.5, 0.6) is 11.5 Å². The molecule has 0 unspecified atom stereocenters. The maximum atomic E-state index is 15.1. The average Bonchev–Trinajstić information content (AvgIpc) is 3.02. The van der Waals surface area contributed by atoms with E-state index in [-0.39, 0.29) is 35.8 Å². The van der Waals surface area contributed by atoms with Gasteiger partial charge in [-0.1, -0.05) is 38.3 Å². The van der Waals surface area contributed by atoms with Crippen LogP contribution in [0.1, 0.15) is 50.0 Å². The van der Waals surface area contributed by atoms with Gasteiger partial charge in [-0.25, -0.2) is 26.3 Å². The monoisotopic (exact) mass is 720 g/mol. The molecule has 15 heteroatoms. The van der Waals surface area contributed by atoms with Crippen LogP contribution in [-0.4, -0.2) is 19.6 Å². The van der Waals surface area contributed by atoms with Crippen LogP contribution in [0, 0.1) is 40.8 Å². The molecular weight excluding hydrogens is 693 g/mol. The third kappa shape index (κ3) is 8.49. The lowest BCUT2D eigenvalue weighted by Crippen LogP contribution is -2.28. The second kappa shape index (κ2) is 14.9. The Morgan fingerprint density at radius 1 is 0.640 bits per heavy atom. The maximum Gasteiger partial charge on any atom is 0.573 e. The fourth-order valence-corrected chi connectivity index (χ4v) is 5.43. The molecule has 5 rings (SSSR count). The van der Waals surface area contributed by atoms with Crippen molar-refractivity contribution in [1.82, 2.24) is 0 Å². The lowest BCUT2D eigenvalue weighted by molar-refractivity contribution is -0.276. The minimum Gasteiger partial charge on any atom is -0.429 e. The van der Waals surface area contributed by atoms with Crippen molar-refractivity contribution >= 4 is 0 Å². The average molecular weight is 721 g/mol. The first-order valence-corrected chi connectivity index (χ1v) is 15.2. The van der Waals surface area contributed by atoms with Crippen LogP contribution < -0.4 is 9.47 Å². The predicted octanol–water partition coefficient (Wildman–Crippen LogP) is 11.1. The molecule has 1 aliphatic rings. The van der Waals surface area contributed by atoms with Crippen molar-refractivity contribution < 1.29 is 67.2 Å². The summed E-state index contributed by atoms with van der Waals surface area (Å²) in [6.45, 7) is 2.57. The zero-order valence-electron chi connectivity index (χ0n) is 26.0. The summed E-state index contributed by atoms with van der Waals surface area (Å²) in [5.41, 5.74) is -3.45. The van der Waals surface area contributed by atoms with Gasteiger partial charge in [0.1, 0.15) is 34.6 Å². The second-order valence-electron chi connectivity index (χ2n) is 11.5. The zero-order valence-corrected chi connectivity index (χ0v) is 26.0. The number of rotatable bonds is 11. The Labute approximate surface area is 278 Å². The molecule has 4 nitrogen and oxygen atoms in total. The van der Waals surface area contributed by atoms with Crippen LogP contribution in [0.3, 0.4) is 0 Å². The van der Waals surface area contributed by atoms with Gasteiger partial charge in [-0.3, -0.25) is 0 Å². The molecule has 268 valence electrons. The topological polar surface area (TPSA) is 36.9 Å². The third-order valence-electron chi connectivity index (χ3n) is 7.80. The smallest absolute Gasteiger partial charge is 0.429 e. The van der Waals surface area contributed by atoms with E-state index in [2.05, 4.69) is 16.4 Å². The van der Waals surface area contributed by atoms with Crippen LogP contribution >= 0.6 is 0 Å². The molecule has 1 aliphatic heterocycles. The fourth-order valence-electron chi connectivity index (χ4n) is 5.43. The summed E-state index contributed by atoms with van der Waals surface area (Å²) in [5, 5.41) is 0. The third-order valence-corrected chi connectivity index (χ3v) is 7.80. The molecule has 0 saturated carbocycles. The van der Waals surface area contributed by atoms with Gasteiger partial charge in [0.25, 0.3) is 0 Å². The molecule has 1 fully saturated rings. The molecule has 0 atom stereocenters. The van der Waals surface area contributed by atoms with E-state index in [1.54, 1.807) is 0 Å². The standard InChI is InChI=1S/C35H27F11O4/c1-2-3-4-5-18-16-47-33(48-17-18)21-13-27(38)31(28(39)14-21)34(42,43)49-22-7-9-23(26(37)15-22)19-6-8-24(25(36)10-19)20-11-29(40)32(30(41)12-20)50-35(44,45)46/h6-15,18,33H,2-5,16-17H2,1H3. The lowest BCUT2D eigenvalue weighted by atomic mass is 9.99. The number of benzene rings is 4. The molecule has 0 amide bonds. The minimum atomic E-state index is -5.40. The molecule has 0 spiro atoms. The largest absolute Gasteiger partial charge is 0.573 e. The Kier molecular flexibility index (Phi) is 11.0. The summed E-state index contributed by atoms with van der Waals surface area (Å²) in [6.07, 6.45) is -7.34. The van der Waals surface area contributed by atoms with Crippen molar-refractivity contribution in [2.75, 3.05) is 13.2 Å². The number of halogens is 11. The SMILES string of the molecule is CCCCCC1COC(c2cc(F)c(C(F)(F)Oc3ccc(-c4ccc(-c5cc(F)c(OC(F)(F)F)c(F)c5)c(F)c4)c(F)c3)c(F)c2)OC1. The first kappa shape index (κ1) is 36.9. The number of unbranched alkanes of at least 4 members (excludes halogenated alkanes) is 2. The van der Waals surface area contributed by atoms with Gasteiger partial charge >= 0.3 is 12.5 Å². The van der Waals surface area contributed by atoms with Gasteiger partial charge in [0.2, 0.25) is 5.75 Å². The Morgan fingerprint density at radius 2 is 1.20 bits per heavy atom. The van der Waals surface area contributed by atoms with Crippen molar-refractivity contribution in [1.29, 1.82) is 0 Å². The van der Waals surface area contributed by atoms with Gasteiger partial charge < -0.3 is 18.9 Å². The highest BCUT2D eigenvalue weighted by atomic mass is 19.4. The van der Waals surface area contributed by atoms with Gasteiger partial charge in [0, 0.05) is 28.7 Å². The summed E-state index contributed by atoms with van der Waals surface area (Å²) >= 11 is 0. The maximum absolute atomic E-state index is 15.1. The van der Waals surface area contributed by atoms with E-state index in [0.717, 1.165) is 56.0 Å². The molecular formula is C35H27F11O4. The minimum absolute atomic E-state index is 0.0859. The van der Waals surface area contributed by atoms with Crippen molar-refractivity contribution in [2.24, 2.45) is 5.92 Å². The Morgan fingerprint density at radius 3 is 1.76 bits per heavy atom. The number of ether oxygens (including phenoxy) is 4. The van der Waals surface area contributed by atoms with E-state index in [0.29, 0.717) is 30.3 Å². The first-order chi connectivity index (χ1) is 23.6. The fraction of sp³-hybridized carbons (Fsp3) is 0.314. The Hall–Kier alpha value is -4.37. The second-order valence-corrected chi connectivity index (χ2v) is 11.5. The quantitative estimate of drug-likeness (QED) is 0.114. The summed E-state index contributed by atoms with van der Waals surface area (Å²) in [7, 11) is 0. The molecule has 0 N–H and O–H groups in total. The summed E-state index contributed by atoms with van der Waals surface area (Å²) in [4.78, 5) is 0. The van der Waals surface area contributed by atoms with Crippen molar-refractivity contribution in [3.05, 3.63) is 107 Å². The Balaban J connectivity index is 1.30. The molecule has 0 aliphatic carbocycles. The number of hydrogen-bond donors (Lipinski definition) is 0. The molecule has 0 radical (unpaired) electrons. The first-order valence-electron chi connectivity index (χ1n) is 15.2. The molecule has 0 aromatic heterocycles. The van der Waals surface area contributed by atoms with Crippen molar-refractivity contribution in [3.63, 3.8) is 0 Å². The lowest BCUT2D eigenvalue weighted by Gasteiger charge is -2.30. The highest BCUT2D eigenvalue weighted by Crippen LogP contribution is 2.40. The van der Waals surface area contributed by atoms with Crippen LogP contribution in [0.4, 0.5) is 48.3 Å². The van der Waals surface area contributed by atoms with Crippen LogP contribution in [0.2, 0.25) is 0 Å². The molecule has 50 heavy (non-hydrogen) atoms. The van der Waals surface area contributed by atoms with E-state index >= 15 is 13.2 Å². The van der Waals surface area contributed by atoms with Gasteiger partial charge in [-0.2, -0.15) is 8.78 Å². The van der Waals surface area contributed by atoms with E-state index in [4.69, 9.17) is 9.47 Å².